The summed E-state index contributed by atoms with van der Waals surface area (Å²) in [7, 11) is 0. The van der Waals surface area contributed by atoms with Crippen molar-refractivity contribution in [1.29, 1.82) is 0 Å². The lowest BCUT2D eigenvalue weighted by Crippen LogP contribution is -2.14. The van der Waals surface area contributed by atoms with Gasteiger partial charge < -0.3 is 10.3 Å². The fraction of sp³-hybridized carbons (Fsp3) is 0.500. The van der Waals surface area contributed by atoms with Gasteiger partial charge in [-0.3, -0.25) is 0 Å². The van der Waals surface area contributed by atoms with Gasteiger partial charge in [-0.25, -0.2) is 4.39 Å². The SMILES string of the molecule is Cl.NCC(c1ccc(F)cc1)c1nc(C2CCCCC2)no1. The molecule has 1 aromatic carbocycles. The Kier molecular flexibility index (Phi) is 5.91. The summed E-state index contributed by atoms with van der Waals surface area (Å²) >= 11 is 0. The van der Waals surface area contributed by atoms with Gasteiger partial charge in [0, 0.05) is 12.5 Å². The van der Waals surface area contributed by atoms with Crippen molar-refractivity contribution in [3.8, 4) is 0 Å². The zero-order valence-corrected chi connectivity index (χ0v) is 13.2. The zero-order chi connectivity index (χ0) is 14.7. The van der Waals surface area contributed by atoms with Crippen LogP contribution < -0.4 is 5.73 Å². The van der Waals surface area contributed by atoms with Crippen molar-refractivity contribution < 1.29 is 8.91 Å². The van der Waals surface area contributed by atoms with E-state index in [9.17, 15) is 4.39 Å². The molecule has 0 radical (unpaired) electrons. The van der Waals surface area contributed by atoms with Crippen molar-refractivity contribution in [1.82, 2.24) is 10.1 Å². The molecule has 0 saturated heterocycles. The molecule has 6 heteroatoms. The first-order valence-electron chi connectivity index (χ1n) is 7.57. The Labute approximate surface area is 135 Å². The molecule has 1 saturated carbocycles. The third-order valence-corrected chi connectivity index (χ3v) is 4.23. The molecule has 3 rings (SSSR count). The van der Waals surface area contributed by atoms with Gasteiger partial charge in [0.25, 0.3) is 0 Å². The number of hydrogen-bond donors (Lipinski definition) is 1. The molecule has 1 aromatic heterocycles. The summed E-state index contributed by atoms with van der Waals surface area (Å²) in [5.41, 5.74) is 6.74. The van der Waals surface area contributed by atoms with Gasteiger partial charge in [-0.15, -0.1) is 12.4 Å². The second-order valence-corrected chi connectivity index (χ2v) is 5.67. The van der Waals surface area contributed by atoms with Gasteiger partial charge >= 0.3 is 0 Å². The highest BCUT2D eigenvalue weighted by atomic mass is 35.5. The van der Waals surface area contributed by atoms with Crippen molar-refractivity contribution in [3.63, 3.8) is 0 Å². The molecule has 1 aliphatic rings. The summed E-state index contributed by atoms with van der Waals surface area (Å²) in [6.07, 6.45) is 6.01. The molecular weight excluding hydrogens is 305 g/mol. The van der Waals surface area contributed by atoms with E-state index in [4.69, 9.17) is 10.3 Å². The first-order chi connectivity index (χ1) is 10.3. The summed E-state index contributed by atoms with van der Waals surface area (Å²) in [6, 6.07) is 6.29. The second kappa shape index (κ2) is 7.70. The van der Waals surface area contributed by atoms with Crippen LogP contribution in [0.5, 0.6) is 0 Å². The summed E-state index contributed by atoms with van der Waals surface area (Å²) in [5, 5.41) is 4.14. The minimum absolute atomic E-state index is 0. The normalized spacial score (nSPS) is 17.0. The van der Waals surface area contributed by atoms with Gasteiger partial charge in [-0.05, 0) is 30.5 Å². The molecule has 2 aromatic rings. The number of halogens is 2. The van der Waals surface area contributed by atoms with Crippen LogP contribution in [0, 0.1) is 5.82 Å². The molecule has 0 spiro atoms. The Morgan fingerprint density at radius 2 is 1.86 bits per heavy atom. The fourth-order valence-electron chi connectivity index (χ4n) is 2.99. The number of aromatic nitrogens is 2. The Hall–Kier alpha value is -1.46. The molecule has 1 atom stereocenters. The molecule has 0 amide bonds. The maximum absolute atomic E-state index is 13.0. The van der Waals surface area contributed by atoms with Crippen LogP contribution in [0.2, 0.25) is 0 Å². The molecule has 2 N–H and O–H groups in total. The molecule has 0 aliphatic heterocycles. The van der Waals surface area contributed by atoms with Gasteiger partial charge in [0.2, 0.25) is 5.89 Å². The number of benzene rings is 1. The number of hydrogen-bond acceptors (Lipinski definition) is 4. The largest absolute Gasteiger partial charge is 0.339 e. The van der Waals surface area contributed by atoms with Gasteiger partial charge in [0.1, 0.15) is 5.82 Å². The monoisotopic (exact) mass is 325 g/mol. The first-order valence-corrected chi connectivity index (χ1v) is 7.57. The van der Waals surface area contributed by atoms with E-state index in [1.165, 1.54) is 31.4 Å². The average Bonchev–Trinajstić information content (AvgIpc) is 3.00. The molecule has 120 valence electrons. The predicted octanol–water partition coefficient (Wildman–Crippen LogP) is 3.77. The predicted molar refractivity (Wildman–Crippen MR) is 84.7 cm³/mol. The maximum Gasteiger partial charge on any atom is 0.235 e. The van der Waals surface area contributed by atoms with Crippen LogP contribution >= 0.6 is 12.4 Å². The van der Waals surface area contributed by atoms with Gasteiger partial charge in [-0.2, -0.15) is 4.98 Å². The van der Waals surface area contributed by atoms with E-state index in [1.54, 1.807) is 12.1 Å². The fourth-order valence-corrected chi connectivity index (χ4v) is 2.99. The third-order valence-electron chi connectivity index (χ3n) is 4.23. The number of rotatable bonds is 4. The topological polar surface area (TPSA) is 64.9 Å². The highest BCUT2D eigenvalue weighted by Gasteiger charge is 2.24. The van der Waals surface area contributed by atoms with Crippen molar-refractivity contribution >= 4 is 12.4 Å². The zero-order valence-electron chi connectivity index (χ0n) is 12.4. The quantitative estimate of drug-likeness (QED) is 0.929. The maximum atomic E-state index is 13.0. The number of nitrogens with zero attached hydrogens (tertiary/aromatic N) is 2. The second-order valence-electron chi connectivity index (χ2n) is 5.67. The third kappa shape index (κ3) is 3.65. The molecule has 22 heavy (non-hydrogen) atoms. The molecule has 1 heterocycles. The summed E-state index contributed by atoms with van der Waals surface area (Å²) in [4.78, 5) is 4.55. The van der Waals surface area contributed by atoms with Crippen LogP contribution in [0.15, 0.2) is 28.8 Å². The van der Waals surface area contributed by atoms with Crippen LogP contribution in [0.4, 0.5) is 4.39 Å². The summed E-state index contributed by atoms with van der Waals surface area (Å²) in [5.74, 6) is 1.30. The molecule has 1 aliphatic carbocycles. The molecule has 0 bridgehead atoms. The molecule has 1 fully saturated rings. The lowest BCUT2D eigenvalue weighted by atomic mass is 9.89. The Balaban J connectivity index is 0.00000176. The Bertz CT molecular complexity index is 581. The standard InChI is InChI=1S/C16H20FN3O.ClH/c17-13-8-6-11(7-9-13)14(10-18)16-19-15(20-21-16)12-4-2-1-3-5-12;/h6-9,12,14H,1-5,10,18H2;1H. The van der Waals surface area contributed by atoms with E-state index >= 15 is 0 Å². The van der Waals surface area contributed by atoms with Crippen molar-refractivity contribution in [2.75, 3.05) is 6.54 Å². The summed E-state index contributed by atoms with van der Waals surface area (Å²) < 4.78 is 18.4. The van der Waals surface area contributed by atoms with E-state index < -0.39 is 0 Å². The van der Waals surface area contributed by atoms with E-state index in [1.807, 2.05) is 0 Å². The molecular formula is C16H21ClFN3O. The Morgan fingerprint density at radius 1 is 1.18 bits per heavy atom. The lowest BCUT2D eigenvalue weighted by Gasteiger charge is -2.17. The molecule has 4 nitrogen and oxygen atoms in total. The highest BCUT2D eigenvalue weighted by Crippen LogP contribution is 2.32. The smallest absolute Gasteiger partial charge is 0.235 e. The van der Waals surface area contributed by atoms with E-state index in [0.717, 1.165) is 24.2 Å². The van der Waals surface area contributed by atoms with E-state index in [-0.39, 0.29) is 24.1 Å². The first kappa shape index (κ1) is 16.9. The van der Waals surface area contributed by atoms with Crippen LogP contribution in [0.3, 0.4) is 0 Å². The van der Waals surface area contributed by atoms with Crippen LogP contribution in [0.1, 0.15) is 61.2 Å². The van der Waals surface area contributed by atoms with Gasteiger partial charge in [0.15, 0.2) is 5.82 Å². The lowest BCUT2D eigenvalue weighted by molar-refractivity contribution is 0.350. The minimum atomic E-state index is -0.261. The van der Waals surface area contributed by atoms with Gasteiger partial charge in [0.05, 0.1) is 5.92 Å². The number of nitrogens with two attached hydrogens (primary N) is 1. The van der Waals surface area contributed by atoms with Gasteiger partial charge in [-0.1, -0.05) is 36.6 Å². The van der Waals surface area contributed by atoms with Crippen LogP contribution in [0.25, 0.3) is 0 Å². The van der Waals surface area contributed by atoms with Crippen LogP contribution in [-0.2, 0) is 0 Å². The van der Waals surface area contributed by atoms with Crippen LogP contribution in [-0.4, -0.2) is 16.7 Å². The van der Waals surface area contributed by atoms with Crippen molar-refractivity contribution in [3.05, 3.63) is 47.4 Å². The molecule has 1 unspecified atom stereocenters. The minimum Gasteiger partial charge on any atom is -0.339 e. The summed E-state index contributed by atoms with van der Waals surface area (Å²) in [6.45, 7) is 0.359. The van der Waals surface area contributed by atoms with E-state index in [0.29, 0.717) is 18.4 Å². The van der Waals surface area contributed by atoms with Crippen molar-refractivity contribution in [2.24, 2.45) is 5.73 Å². The van der Waals surface area contributed by atoms with Crippen molar-refractivity contribution in [2.45, 2.75) is 43.9 Å². The highest BCUT2D eigenvalue weighted by molar-refractivity contribution is 5.85. The Morgan fingerprint density at radius 3 is 2.50 bits per heavy atom. The van der Waals surface area contributed by atoms with E-state index in [2.05, 4.69) is 10.1 Å². The average molecular weight is 326 g/mol.